The number of carboxylic acid groups (broad SMARTS) is 1. The molecule has 51 valence electrons. The monoisotopic (exact) mass is 145 g/mol. The molecule has 0 bridgehead atoms. The van der Waals surface area contributed by atoms with Crippen molar-refractivity contribution in [2.75, 3.05) is 13.2 Å². The molecule has 0 aliphatic rings. The zero-order chi connectivity index (χ0) is 5.70. The largest absolute Gasteiger partial charge is 0.480 e. The molecule has 0 saturated carbocycles. The predicted molar refractivity (Wildman–Crippen MR) is 33.5 cm³/mol. The van der Waals surface area contributed by atoms with Crippen LogP contribution in [0.4, 0.5) is 0 Å². The summed E-state index contributed by atoms with van der Waals surface area (Å²) in [6.07, 6.45) is 0. The van der Waals surface area contributed by atoms with Gasteiger partial charge in [-0.15, -0.1) is 0 Å². The number of aliphatic carboxylic acids is 1. The number of rotatable bonds is 3. The van der Waals surface area contributed by atoms with E-state index < -0.39 is 5.97 Å². The minimum atomic E-state index is -0.915. The van der Waals surface area contributed by atoms with Gasteiger partial charge in [-0.3, -0.25) is 0 Å². The normalized spacial score (nSPS) is 6.78. The second kappa shape index (κ2) is 11.2. The van der Waals surface area contributed by atoms with E-state index in [-0.39, 0.29) is 41.6 Å². The molecule has 0 aliphatic heterocycles. The van der Waals surface area contributed by atoms with E-state index in [1.807, 2.05) is 0 Å². The van der Waals surface area contributed by atoms with Crippen molar-refractivity contribution in [3.05, 3.63) is 0 Å². The first-order valence-corrected chi connectivity index (χ1v) is 2.07. The summed E-state index contributed by atoms with van der Waals surface area (Å²) in [6.45, 7) is 2.03. The molecule has 0 aromatic carbocycles. The third-order valence-electron chi connectivity index (χ3n) is 0.430. The van der Waals surface area contributed by atoms with Gasteiger partial charge < -0.3 is 15.3 Å². The van der Waals surface area contributed by atoms with Crippen molar-refractivity contribution in [1.82, 2.24) is 0 Å². The maximum absolute atomic E-state index is 9.63. The van der Waals surface area contributed by atoms with Crippen LogP contribution < -0.4 is 0 Å². The quantitative estimate of drug-likeness (QED) is 0.512. The van der Waals surface area contributed by atoms with Gasteiger partial charge in [0.15, 0.2) is 0 Å². The fourth-order valence-corrected chi connectivity index (χ4v) is 0.189. The summed E-state index contributed by atoms with van der Waals surface area (Å²) in [5, 5.41) is 7.92. The van der Waals surface area contributed by atoms with Gasteiger partial charge in [-0.2, -0.15) is 0 Å². The van der Waals surface area contributed by atoms with Gasteiger partial charge in [0.1, 0.15) is 6.61 Å². The summed E-state index contributed by atoms with van der Waals surface area (Å²) in [6, 6.07) is 0. The van der Waals surface area contributed by atoms with E-state index in [2.05, 4.69) is 4.74 Å². The summed E-state index contributed by atoms with van der Waals surface area (Å²) in [7, 11) is 0. The Hall–Kier alpha value is 0.390. The van der Waals surface area contributed by atoms with Crippen molar-refractivity contribution < 1.29 is 20.1 Å². The van der Waals surface area contributed by atoms with Crippen LogP contribution in [-0.4, -0.2) is 59.3 Å². The topological polar surface area (TPSA) is 78.0 Å². The van der Waals surface area contributed by atoms with E-state index in [1.54, 1.807) is 6.92 Å². The number of ether oxygens (including phenoxy) is 1. The van der Waals surface area contributed by atoms with E-state index in [9.17, 15) is 4.79 Å². The average molecular weight is 145 g/mol. The number of hydrogen-bond acceptors (Lipinski definition) is 2. The fourth-order valence-electron chi connectivity index (χ4n) is 0.189. The molecule has 0 heterocycles. The molecule has 5 heteroatoms. The van der Waals surface area contributed by atoms with Gasteiger partial charge in [-0.1, -0.05) is 0 Å². The van der Waals surface area contributed by atoms with E-state index in [1.165, 1.54) is 0 Å². The molecule has 0 unspecified atom stereocenters. The molecule has 1 radical (unpaired) electrons. The fraction of sp³-hybridized carbons (Fsp3) is 0.750. The number of carbonyl (C=O) groups is 1. The molecule has 9 heavy (non-hydrogen) atoms. The van der Waals surface area contributed by atoms with Crippen molar-refractivity contribution in [3.63, 3.8) is 0 Å². The van der Waals surface area contributed by atoms with Crippen LogP contribution in [0.25, 0.3) is 0 Å². The van der Waals surface area contributed by atoms with Crippen LogP contribution in [0, 0.1) is 0 Å². The molecule has 4 nitrogen and oxygen atoms in total. The third-order valence-corrected chi connectivity index (χ3v) is 0.430. The van der Waals surface area contributed by atoms with Crippen molar-refractivity contribution in [3.8, 4) is 0 Å². The Labute approximate surface area is 75.8 Å². The molecule has 0 aromatic rings. The summed E-state index contributed by atoms with van der Waals surface area (Å²) in [4.78, 5) is 9.63. The Bertz CT molecular complexity index is 65.6. The standard InChI is InChI=1S/C4H8O3.Na.H2O/c1-2-7-3-4(5)6;;/h2-3H2,1H3,(H,5,6);;1H2. The second-order valence-electron chi connectivity index (χ2n) is 1.03. The maximum Gasteiger partial charge on any atom is 0.329 e. The molecular weight excluding hydrogens is 135 g/mol. The van der Waals surface area contributed by atoms with Gasteiger partial charge in [0, 0.05) is 36.2 Å². The van der Waals surface area contributed by atoms with Crippen LogP contribution in [-0.2, 0) is 9.53 Å². The Kier molecular flexibility index (Phi) is 20.2. The molecule has 0 fully saturated rings. The molecular formula is C4H10NaO4. The first-order chi connectivity index (χ1) is 3.27. The third kappa shape index (κ3) is 17.8. The van der Waals surface area contributed by atoms with Crippen LogP contribution in [0.1, 0.15) is 6.92 Å². The molecule has 0 aliphatic carbocycles. The summed E-state index contributed by atoms with van der Waals surface area (Å²) >= 11 is 0. The van der Waals surface area contributed by atoms with Crippen molar-refractivity contribution in [2.24, 2.45) is 0 Å². The summed E-state index contributed by atoms with van der Waals surface area (Å²) in [5.41, 5.74) is 0. The van der Waals surface area contributed by atoms with E-state index in [0.717, 1.165) is 0 Å². The average Bonchev–Trinajstić information content (AvgIpc) is 1.61. The Balaban J connectivity index is -0.000000180. The van der Waals surface area contributed by atoms with Crippen LogP contribution >= 0.6 is 0 Å². The molecule has 3 N–H and O–H groups in total. The minimum Gasteiger partial charge on any atom is -0.480 e. The summed E-state index contributed by atoms with van der Waals surface area (Å²) < 4.78 is 4.50. The Morgan fingerprint density at radius 3 is 2.22 bits per heavy atom. The molecule has 0 rings (SSSR count). The predicted octanol–water partition coefficient (Wildman–Crippen LogP) is -1.10. The van der Waals surface area contributed by atoms with E-state index in [4.69, 9.17) is 5.11 Å². The smallest absolute Gasteiger partial charge is 0.329 e. The van der Waals surface area contributed by atoms with Gasteiger partial charge in [-0.25, -0.2) is 4.79 Å². The zero-order valence-electron chi connectivity index (χ0n) is 5.68. The molecule has 0 saturated heterocycles. The van der Waals surface area contributed by atoms with Crippen molar-refractivity contribution in [1.29, 1.82) is 0 Å². The van der Waals surface area contributed by atoms with Crippen LogP contribution in [0.3, 0.4) is 0 Å². The molecule has 0 aromatic heterocycles. The van der Waals surface area contributed by atoms with Gasteiger partial charge in [0.05, 0.1) is 0 Å². The maximum atomic E-state index is 9.63. The first-order valence-electron chi connectivity index (χ1n) is 2.07. The van der Waals surface area contributed by atoms with E-state index in [0.29, 0.717) is 6.61 Å². The Morgan fingerprint density at radius 1 is 1.67 bits per heavy atom. The van der Waals surface area contributed by atoms with Crippen molar-refractivity contribution in [2.45, 2.75) is 6.92 Å². The number of carboxylic acids is 1. The van der Waals surface area contributed by atoms with Gasteiger partial charge in [0.2, 0.25) is 0 Å². The first kappa shape index (κ1) is 16.2. The minimum absolute atomic E-state index is 0. The second-order valence-corrected chi connectivity index (χ2v) is 1.03. The van der Waals surface area contributed by atoms with Gasteiger partial charge in [0.25, 0.3) is 0 Å². The van der Waals surface area contributed by atoms with Gasteiger partial charge in [-0.05, 0) is 6.92 Å². The number of hydrogen-bond donors (Lipinski definition) is 1. The van der Waals surface area contributed by atoms with Gasteiger partial charge >= 0.3 is 5.97 Å². The van der Waals surface area contributed by atoms with Crippen molar-refractivity contribution >= 4 is 35.5 Å². The zero-order valence-corrected chi connectivity index (χ0v) is 7.68. The van der Waals surface area contributed by atoms with Crippen LogP contribution in [0.15, 0.2) is 0 Å². The van der Waals surface area contributed by atoms with E-state index >= 15 is 0 Å². The molecule has 0 atom stereocenters. The molecule has 0 amide bonds. The van der Waals surface area contributed by atoms with Crippen LogP contribution in [0.2, 0.25) is 0 Å². The summed E-state index contributed by atoms with van der Waals surface area (Å²) in [5.74, 6) is -0.915. The Morgan fingerprint density at radius 2 is 2.11 bits per heavy atom. The SMILES string of the molecule is CCOCC(=O)O.O.[Na]. The molecule has 0 spiro atoms. The van der Waals surface area contributed by atoms with Crippen LogP contribution in [0.5, 0.6) is 0 Å².